The predicted octanol–water partition coefficient (Wildman–Crippen LogP) is 7.01. The Labute approximate surface area is 211 Å². The van der Waals surface area contributed by atoms with E-state index in [1.54, 1.807) is 18.2 Å². The zero-order valence-corrected chi connectivity index (χ0v) is 21.1. The van der Waals surface area contributed by atoms with Gasteiger partial charge in [0.05, 0.1) is 15.0 Å². The van der Waals surface area contributed by atoms with Crippen molar-refractivity contribution in [2.24, 2.45) is 0 Å². The third kappa shape index (κ3) is 5.60. The number of carbonyl (C=O) groups is 2. The molecule has 0 N–H and O–H groups in total. The van der Waals surface area contributed by atoms with Crippen molar-refractivity contribution in [1.82, 2.24) is 4.90 Å². The van der Waals surface area contributed by atoms with Gasteiger partial charge in [0.2, 0.25) is 0 Å². The second kappa shape index (κ2) is 10.2. The Hall–Kier alpha value is -2.17. The Balaban J connectivity index is 1.44. The van der Waals surface area contributed by atoms with E-state index in [1.807, 2.05) is 42.5 Å². The molecule has 4 rings (SSSR count). The first kappa shape index (κ1) is 23.0. The third-order valence-corrected chi connectivity index (χ3v) is 6.97. The van der Waals surface area contributed by atoms with Gasteiger partial charge < -0.3 is 4.74 Å². The van der Waals surface area contributed by atoms with Crippen LogP contribution in [0.3, 0.4) is 0 Å². The van der Waals surface area contributed by atoms with Crippen LogP contribution in [0.5, 0.6) is 5.75 Å². The second-order valence-corrected chi connectivity index (χ2v) is 10.1. The molecule has 8 heteroatoms. The number of rotatable bonds is 6. The average Bonchev–Trinajstić information content (AvgIpc) is 3.03. The molecule has 3 aromatic rings. The molecule has 0 aliphatic carbocycles. The van der Waals surface area contributed by atoms with E-state index < -0.39 is 0 Å². The van der Waals surface area contributed by atoms with Gasteiger partial charge in [-0.2, -0.15) is 0 Å². The summed E-state index contributed by atoms with van der Waals surface area (Å²) >= 11 is 6.49. The quantitative estimate of drug-likeness (QED) is 0.219. The van der Waals surface area contributed by atoms with E-state index in [-0.39, 0.29) is 23.5 Å². The highest BCUT2D eigenvalue weighted by molar-refractivity contribution is 14.1. The van der Waals surface area contributed by atoms with E-state index in [1.165, 1.54) is 17.0 Å². The summed E-state index contributed by atoms with van der Waals surface area (Å²) < 4.78 is 20.7. The van der Waals surface area contributed by atoms with Crippen molar-refractivity contribution < 1.29 is 18.7 Å². The molecule has 0 aromatic heterocycles. The standard InChI is InChI=1S/C24H16BrFINO3S/c25-18-6-1-15(2-7-18)13-28-23(29)22(32-24(28)30)12-17-5-10-21(20(27)11-17)31-14-16-3-8-19(26)9-4-16/h1-12H,13-14H2/b22-12-. The Morgan fingerprint density at radius 1 is 1.00 bits per heavy atom. The van der Waals surface area contributed by atoms with Crippen LogP contribution in [-0.4, -0.2) is 16.0 Å². The minimum absolute atomic E-state index is 0.239. The summed E-state index contributed by atoms with van der Waals surface area (Å²) in [5.41, 5.74) is 2.55. The molecule has 0 radical (unpaired) electrons. The third-order valence-electron chi connectivity index (χ3n) is 4.69. The van der Waals surface area contributed by atoms with Crippen molar-refractivity contribution in [3.8, 4) is 5.75 Å². The van der Waals surface area contributed by atoms with Crippen molar-refractivity contribution in [3.63, 3.8) is 0 Å². The van der Waals surface area contributed by atoms with Crippen LogP contribution in [0.2, 0.25) is 0 Å². The summed E-state index contributed by atoms with van der Waals surface area (Å²) in [4.78, 5) is 26.8. The highest BCUT2D eigenvalue weighted by atomic mass is 127. The minimum Gasteiger partial charge on any atom is -0.488 e. The first-order chi connectivity index (χ1) is 15.4. The molecule has 4 nitrogen and oxygen atoms in total. The first-order valence-corrected chi connectivity index (χ1v) is 12.2. The van der Waals surface area contributed by atoms with Crippen LogP contribution in [0, 0.1) is 9.39 Å². The van der Waals surface area contributed by atoms with Crippen molar-refractivity contribution >= 4 is 67.5 Å². The lowest BCUT2D eigenvalue weighted by Crippen LogP contribution is -2.27. The van der Waals surface area contributed by atoms with E-state index in [2.05, 4.69) is 38.5 Å². The van der Waals surface area contributed by atoms with Crippen molar-refractivity contribution in [2.75, 3.05) is 0 Å². The monoisotopic (exact) mass is 623 g/mol. The SMILES string of the molecule is O=C1S/C(=C\c2ccc(OCc3ccc(F)cc3)c(I)c2)C(=O)N1Cc1ccc(Br)cc1. The normalized spacial score (nSPS) is 15.0. The summed E-state index contributed by atoms with van der Waals surface area (Å²) in [6.07, 6.45) is 1.72. The lowest BCUT2D eigenvalue weighted by Gasteiger charge is -2.12. The fourth-order valence-electron chi connectivity index (χ4n) is 3.03. The Kier molecular flexibility index (Phi) is 7.32. The van der Waals surface area contributed by atoms with Gasteiger partial charge in [0.1, 0.15) is 18.2 Å². The van der Waals surface area contributed by atoms with Crippen molar-refractivity contribution in [2.45, 2.75) is 13.2 Å². The summed E-state index contributed by atoms with van der Waals surface area (Å²) in [6.45, 7) is 0.563. The van der Waals surface area contributed by atoms with Gasteiger partial charge in [-0.25, -0.2) is 4.39 Å². The van der Waals surface area contributed by atoms with Crippen LogP contribution in [0.25, 0.3) is 6.08 Å². The summed E-state index contributed by atoms with van der Waals surface area (Å²) in [5, 5.41) is -0.280. The lowest BCUT2D eigenvalue weighted by molar-refractivity contribution is -0.123. The second-order valence-electron chi connectivity index (χ2n) is 7.00. The molecule has 1 fully saturated rings. The molecule has 162 valence electrons. The molecule has 1 saturated heterocycles. The van der Waals surface area contributed by atoms with Gasteiger partial charge in [-0.1, -0.05) is 46.3 Å². The molecule has 2 amide bonds. The molecule has 0 spiro atoms. The summed E-state index contributed by atoms with van der Waals surface area (Å²) in [6, 6.07) is 19.2. The topological polar surface area (TPSA) is 46.6 Å². The Morgan fingerprint density at radius 2 is 1.69 bits per heavy atom. The maximum Gasteiger partial charge on any atom is 0.293 e. The van der Waals surface area contributed by atoms with Crippen LogP contribution in [0.15, 0.2) is 76.1 Å². The Morgan fingerprint density at radius 3 is 2.38 bits per heavy atom. The van der Waals surface area contributed by atoms with Crippen LogP contribution >= 0.6 is 50.3 Å². The van der Waals surface area contributed by atoms with Gasteiger partial charge in [-0.3, -0.25) is 14.5 Å². The van der Waals surface area contributed by atoms with Crippen LogP contribution in [0.4, 0.5) is 9.18 Å². The van der Waals surface area contributed by atoms with Gasteiger partial charge in [-0.05, 0) is 93.5 Å². The lowest BCUT2D eigenvalue weighted by atomic mass is 10.2. The van der Waals surface area contributed by atoms with Crippen molar-refractivity contribution in [1.29, 1.82) is 0 Å². The van der Waals surface area contributed by atoms with Gasteiger partial charge in [-0.15, -0.1) is 0 Å². The number of hydrogen-bond acceptors (Lipinski definition) is 4. The fraction of sp³-hybridized carbons (Fsp3) is 0.0833. The summed E-state index contributed by atoms with van der Waals surface area (Å²) in [7, 11) is 0. The zero-order valence-electron chi connectivity index (χ0n) is 16.6. The van der Waals surface area contributed by atoms with Crippen LogP contribution in [-0.2, 0) is 17.9 Å². The molecule has 0 atom stereocenters. The average molecular weight is 624 g/mol. The van der Waals surface area contributed by atoms with E-state index in [0.29, 0.717) is 17.3 Å². The number of hydrogen-bond donors (Lipinski definition) is 0. The minimum atomic E-state index is -0.297. The highest BCUT2D eigenvalue weighted by Gasteiger charge is 2.35. The van der Waals surface area contributed by atoms with Gasteiger partial charge >= 0.3 is 0 Å². The molecule has 0 unspecified atom stereocenters. The van der Waals surface area contributed by atoms with E-state index in [4.69, 9.17) is 4.74 Å². The zero-order chi connectivity index (χ0) is 22.7. The number of nitrogens with zero attached hydrogens (tertiary/aromatic N) is 1. The number of thioether (sulfide) groups is 1. The van der Waals surface area contributed by atoms with Gasteiger partial charge in [0.15, 0.2) is 0 Å². The molecule has 1 heterocycles. The molecule has 0 saturated carbocycles. The number of benzene rings is 3. The number of carbonyl (C=O) groups excluding carboxylic acids is 2. The number of halogens is 3. The molecular formula is C24H16BrFINO3S. The van der Waals surface area contributed by atoms with E-state index in [0.717, 1.165) is 36.5 Å². The maximum atomic E-state index is 13.0. The number of amides is 2. The summed E-state index contributed by atoms with van der Waals surface area (Å²) in [5.74, 6) is 0.110. The molecule has 32 heavy (non-hydrogen) atoms. The fourth-order valence-corrected chi connectivity index (χ4v) is 4.82. The molecular weight excluding hydrogens is 608 g/mol. The first-order valence-electron chi connectivity index (χ1n) is 9.55. The Bertz CT molecular complexity index is 1200. The largest absolute Gasteiger partial charge is 0.488 e. The van der Waals surface area contributed by atoms with Gasteiger partial charge in [0, 0.05) is 4.47 Å². The van der Waals surface area contributed by atoms with Crippen molar-refractivity contribution in [3.05, 3.63) is 102 Å². The molecule has 3 aromatic carbocycles. The van der Waals surface area contributed by atoms with E-state index >= 15 is 0 Å². The van der Waals surface area contributed by atoms with Crippen LogP contribution in [0.1, 0.15) is 16.7 Å². The maximum absolute atomic E-state index is 13.0. The van der Waals surface area contributed by atoms with Gasteiger partial charge in [0.25, 0.3) is 11.1 Å². The smallest absolute Gasteiger partial charge is 0.293 e. The highest BCUT2D eigenvalue weighted by Crippen LogP contribution is 2.34. The van der Waals surface area contributed by atoms with E-state index in [9.17, 15) is 14.0 Å². The molecule has 0 bridgehead atoms. The molecule has 1 aliphatic heterocycles. The number of ether oxygens (including phenoxy) is 1. The predicted molar refractivity (Wildman–Crippen MR) is 136 cm³/mol. The molecule has 1 aliphatic rings. The number of imide groups is 1. The van der Waals surface area contributed by atoms with Crippen LogP contribution < -0.4 is 4.74 Å².